The van der Waals surface area contributed by atoms with E-state index in [-0.39, 0.29) is 11.8 Å². The minimum absolute atomic E-state index is 0.0980. The minimum Gasteiger partial charge on any atom is -0.278 e. The van der Waals surface area contributed by atoms with Crippen LogP contribution in [0.2, 0.25) is 0 Å². The zero-order chi connectivity index (χ0) is 16.9. The predicted octanol–water partition coefficient (Wildman–Crippen LogP) is 4.93. The SMILES string of the molecule is CSc1ccccc1C1=C(N=NN2CCCC2)C=CC(C#N)C1C. The molecule has 1 fully saturated rings. The highest BCUT2D eigenvalue weighted by molar-refractivity contribution is 7.98. The molecule has 0 aromatic heterocycles. The van der Waals surface area contributed by atoms with Crippen molar-refractivity contribution in [3.05, 3.63) is 47.7 Å². The maximum absolute atomic E-state index is 9.45. The molecular weight excluding hydrogens is 316 g/mol. The summed E-state index contributed by atoms with van der Waals surface area (Å²) in [6, 6.07) is 10.7. The molecule has 124 valence electrons. The van der Waals surface area contributed by atoms with Gasteiger partial charge in [0.2, 0.25) is 0 Å². The van der Waals surface area contributed by atoms with E-state index in [1.807, 2.05) is 29.3 Å². The Morgan fingerprint density at radius 2 is 2.00 bits per heavy atom. The Morgan fingerprint density at radius 3 is 2.71 bits per heavy atom. The van der Waals surface area contributed by atoms with Crippen LogP contribution in [0.4, 0.5) is 0 Å². The van der Waals surface area contributed by atoms with Gasteiger partial charge in [-0.15, -0.1) is 16.9 Å². The highest BCUT2D eigenvalue weighted by Gasteiger charge is 2.27. The van der Waals surface area contributed by atoms with Crippen molar-refractivity contribution in [1.82, 2.24) is 5.01 Å². The van der Waals surface area contributed by atoms with Gasteiger partial charge in [0.05, 0.1) is 17.7 Å². The lowest BCUT2D eigenvalue weighted by atomic mass is 9.80. The van der Waals surface area contributed by atoms with Crippen LogP contribution in [0.5, 0.6) is 0 Å². The van der Waals surface area contributed by atoms with Gasteiger partial charge in [-0.25, -0.2) is 0 Å². The van der Waals surface area contributed by atoms with Crippen molar-refractivity contribution in [1.29, 1.82) is 5.26 Å². The van der Waals surface area contributed by atoms with E-state index in [1.165, 1.54) is 17.7 Å². The first kappa shape index (κ1) is 16.8. The third kappa shape index (κ3) is 3.39. The van der Waals surface area contributed by atoms with Gasteiger partial charge in [0.25, 0.3) is 0 Å². The van der Waals surface area contributed by atoms with E-state index in [0.717, 1.165) is 29.9 Å². The van der Waals surface area contributed by atoms with Crippen molar-refractivity contribution in [3.63, 3.8) is 0 Å². The summed E-state index contributed by atoms with van der Waals surface area (Å²) in [4.78, 5) is 1.21. The summed E-state index contributed by atoms with van der Waals surface area (Å²) in [5.41, 5.74) is 3.16. The average molecular weight is 338 g/mol. The third-order valence-corrected chi connectivity index (χ3v) is 5.43. The quantitative estimate of drug-likeness (QED) is 0.578. The molecule has 1 aliphatic heterocycles. The number of nitriles is 1. The van der Waals surface area contributed by atoms with Crippen LogP contribution in [0, 0.1) is 23.2 Å². The van der Waals surface area contributed by atoms with Gasteiger partial charge in [0, 0.05) is 23.9 Å². The molecule has 0 amide bonds. The van der Waals surface area contributed by atoms with Gasteiger partial charge in [-0.3, -0.25) is 5.01 Å². The van der Waals surface area contributed by atoms with E-state index in [2.05, 4.69) is 41.7 Å². The topological polar surface area (TPSA) is 51.8 Å². The van der Waals surface area contributed by atoms with Gasteiger partial charge < -0.3 is 0 Å². The summed E-state index contributed by atoms with van der Waals surface area (Å²) in [5, 5.41) is 20.4. The molecule has 0 spiro atoms. The Hall–Kier alpha value is -2.06. The second-order valence-corrected chi connectivity index (χ2v) is 7.00. The largest absolute Gasteiger partial charge is 0.278 e. The van der Waals surface area contributed by atoms with E-state index < -0.39 is 0 Å². The lowest BCUT2D eigenvalue weighted by Gasteiger charge is -2.25. The van der Waals surface area contributed by atoms with E-state index in [9.17, 15) is 5.26 Å². The maximum atomic E-state index is 9.45. The number of thioether (sulfide) groups is 1. The fourth-order valence-electron chi connectivity index (χ4n) is 3.26. The zero-order valence-electron chi connectivity index (χ0n) is 14.1. The lowest BCUT2D eigenvalue weighted by molar-refractivity contribution is 0.334. The van der Waals surface area contributed by atoms with E-state index in [0.29, 0.717) is 0 Å². The van der Waals surface area contributed by atoms with Gasteiger partial charge in [-0.2, -0.15) is 5.26 Å². The van der Waals surface area contributed by atoms with Crippen LogP contribution in [-0.2, 0) is 0 Å². The van der Waals surface area contributed by atoms with Crippen LogP contribution >= 0.6 is 11.8 Å². The van der Waals surface area contributed by atoms with Crippen molar-refractivity contribution in [2.24, 2.45) is 22.2 Å². The van der Waals surface area contributed by atoms with Gasteiger partial charge >= 0.3 is 0 Å². The van der Waals surface area contributed by atoms with Crippen LogP contribution in [0.3, 0.4) is 0 Å². The van der Waals surface area contributed by atoms with E-state index in [1.54, 1.807) is 11.8 Å². The third-order valence-electron chi connectivity index (χ3n) is 4.64. The fraction of sp³-hybridized carbons (Fsp3) is 0.421. The molecule has 1 heterocycles. The molecule has 1 aliphatic carbocycles. The summed E-state index contributed by atoms with van der Waals surface area (Å²) in [6.07, 6.45) is 8.36. The highest BCUT2D eigenvalue weighted by atomic mass is 32.2. The summed E-state index contributed by atoms with van der Waals surface area (Å²) in [6.45, 7) is 4.07. The molecule has 0 radical (unpaired) electrons. The van der Waals surface area contributed by atoms with Crippen LogP contribution in [0.1, 0.15) is 25.3 Å². The monoisotopic (exact) mass is 338 g/mol. The number of rotatable bonds is 4. The van der Waals surface area contributed by atoms with Crippen molar-refractivity contribution in [2.45, 2.75) is 24.7 Å². The predicted molar refractivity (Wildman–Crippen MR) is 98.2 cm³/mol. The Bertz CT molecular complexity index is 723. The highest BCUT2D eigenvalue weighted by Crippen LogP contribution is 2.40. The number of hydrogen-bond acceptors (Lipinski definition) is 4. The second kappa shape index (κ2) is 7.67. The van der Waals surface area contributed by atoms with Crippen molar-refractivity contribution in [2.75, 3.05) is 19.3 Å². The van der Waals surface area contributed by atoms with Crippen molar-refractivity contribution in [3.8, 4) is 6.07 Å². The number of nitrogens with zero attached hydrogens (tertiary/aromatic N) is 4. The van der Waals surface area contributed by atoms with Gasteiger partial charge in [0.15, 0.2) is 0 Å². The molecule has 5 heteroatoms. The molecule has 24 heavy (non-hydrogen) atoms. The number of allylic oxidation sites excluding steroid dienone is 3. The van der Waals surface area contributed by atoms with Crippen LogP contribution < -0.4 is 0 Å². The Balaban J connectivity index is 2.04. The van der Waals surface area contributed by atoms with Gasteiger partial charge in [0.1, 0.15) is 0 Å². The minimum atomic E-state index is -0.124. The Labute approximate surface area is 147 Å². The Morgan fingerprint density at radius 1 is 1.25 bits per heavy atom. The molecule has 2 unspecified atom stereocenters. The van der Waals surface area contributed by atoms with Gasteiger partial charge in [-0.05, 0) is 42.4 Å². The maximum Gasteiger partial charge on any atom is 0.0913 e. The number of benzene rings is 1. The molecule has 0 N–H and O–H groups in total. The average Bonchev–Trinajstić information content (AvgIpc) is 3.13. The summed E-state index contributed by atoms with van der Waals surface area (Å²) in [7, 11) is 0. The van der Waals surface area contributed by atoms with E-state index in [4.69, 9.17) is 0 Å². The molecular formula is C19H22N4S. The fourth-order valence-corrected chi connectivity index (χ4v) is 3.87. The smallest absolute Gasteiger partial charge is 0.0913 e. The molecule has 0 saturated carbocycles. The molecule has 3 rings (SSSR count). The molecule has 1 aromatic rings. The normalized spacial score (nSPS) is 24.0. The molecule has 2 aliphatic rings. The zero-order valence-corrected chi connectivity index (χ0v) is 15.0. The molecule has 4 nitrogen and oxygen atoms in total. The number of hydrogen-bond donors (Lipinski definition) is 0. The second-order valence-electron chi connectivity index (χ2n) is 6.15. The summed E-state index contributed by atoms with van der Waals surface area (Å²) < 4.78 is 0. The first-order valence-electron chi connectivity index (χ1n) is 8.36. The summed E-state index contributed by atoms with van der Waals surface area (Å²) in [5.74, 6) is -0.0264. The van der Waals surface area contributed by atoms with Crippen molar-refractivity contribution < 1.29 is 0 Å². The van der Waals surface area contributed by atoms with Crippen LogP contribution in [-0.4, -0.2) is 24.4 Å². The lowest BCUT2D eigenvalue weighted by Crippen LogP contribution is -2.15. The first-order chi connectivity index (χ1) is 11.7. The standard InChI is InChI=1S/C19H22N4S/c1-14-15(13-20)9-10-17(21-22-23-11-5-6-12-23)19(14)16-7-3-4-8-18(16)24-2/h3-4,7-10,14-15H,5-6,11-12H2,1-2H3. The summed E-state index contributed by atoms with van der Waals surface area (Å²) >= 11 is 1.72. The molecule has 1 aromatic carbocycles. The van der Waals surface area contributed by atoms with Crippen LogP contribution in [0.15, 0.2) is 57.3 Å². The van der Waals surface area contributed by atoms with E-state index >= 15 is 0 Å². The Kier molecular flexibility index (Phi) is 5.37. The van der Waals surface area contributed by atoms with Crippen LogP contribution in [0.25, 0.3) is 5.57 Å². The molecule has 1 saturated heterocycles. The molecule has 2 atom stereocenters. The van der Waals surface area contributed by atoms with Gasteiger partial charge in [-0.1, -0.05) is 36.4 Å². The first-order valence-corrected chi connectivity index (χ1v) is 9.59. The molecule has 0 bridgehead atoms. The van der Waals surface area contributed by atoms with Crippen molar-refractivity contribution >= 4 is 17.3 Å².